The fraction of sp³-hybridized carbons (Fsp3) is 0.214. The molecule has 0 aliphatic heterocycles. The number of benzene rings is 1. The highest BCUT2D eigenvalue weighted by Gasteiger charge is 2.22. The Labute approximate surface area is 130 Å². The van der Waals surface area contributed by atoms with Gasteiger partial charge in [-0.25, -0.2) is 9.18 Å². The summed E-state index contributed by atoms with van der Waals surface area (Å²) in [4.78, 5) is 23.6. The number of rotatable bonds is 4. The van der Waals surface area contributed by atoms with E-state index in [2.05, 4.69) is 10.5 Å². The highest BCUT2D eigenvalue weighted by atomic mass is 35.5. The maximum Gasteiger partial charge on any atom is 0.377 e. The third kappa shape index (κ3) is 3.82. The molecule has 8 heteroatoms. The van der Waals surface area contributed by atoms with Gasteiger partial charge in [-0.3, -0.25) is 4.79 Å². The minimum absolute atomic E-state index is 0.0622. The molecule has 0 spiro atoms. The Morgan fingerprint density at radius 1 is 1.41 bits per heavy atom. The van der Waals surface area contributed by atoms with Gasteiger partial charge < -0.3 is 14.6 Å². The van der Waals surface area contributed by atoms with Gasteiger partial charge in [0, 0.05) is 11.1 Å². The molecule has 116 valence electrons. The van der Waals surface area contributed by atoms with Gasteiger partial charge >= 0.3 is 5.97 Å². The Kier molecular flexibility index (Phi) is 4.77. The molecule has 0 saturated heterocycles. The fourth-order valence-electron chi connectivity index (χ4n) is 1.56. The van der Waals surface area contributed by atoms with E-state index in [-0.39, 0.29) is 16.5 Å². The highest BCUT2D eigenvalue weighted by Crippen LogP contribution is 2.19. The molecule has 22 heavy (non-hydrogen) atoms. The van der Waals surface area contributed by atoms with Crippen molar-refractivity contribution in [3.05, 3.63) is 46.6 Å². The summed E-state index contributed by atoms with van der Waals surface area (Å²) in [5.41, 5.74) is 0.445. The van der Waals surface area contributed by atoms with E-state index < -0.39 is 23.8 Å². The average Bonchev–Trinajstić information content (AvgIpc) is 2.88. The number of aromatic nitrogens is 1. The molecule has 0 unspecified atom stereocenters. The number of ether oxygens (including phenoxy) is 1. The molecule has 0 aliphatic carbocycles. The summed E-state index contributed by atoms with van der Waals surface area (Å²) in [6.45, 7) is 2.99. The lowest BCUT2D eigenvalue weighted by Gasteiger charge is -2.13. The highest BCUT2D eigenvalue weighted by molar-refractivity contribution is 6.30. The molecule has 2 rings (SSSR count). The summed E-state index contributed by atoms with van der Waals surface area (Å²) in [5, 5.41) is 6.05. The monoisotopic (exact) mass is 326 g/mol. The topological polar surface area (TPSA) is 81.4 Å². The minimum Gasteiger partial charge on any atom is -0.447 e. The van der Waals surface area contributed by atoms with E-state index in [1.165, 1.54) is 25.1 Å². The number of halogens is 2. The first-order valence-corrected chi connectivity index (χ1v) is 6.65. The predicted molar refractivity (Wildman–Crippen MR) is 76.2 cm³/mol. The summed E-state index contributed by atoms with van der Waals surface area (Å²) < 4.78 is 23.2. The molecule has 1 amide bonds. The van der Waals surface area contributed by atoms with Gasteiger partial charge in [0.05, 0.1) is 11.4 Å². The van der Waals surface area contributed by atoms with E-state index in [0.29, 0.717) is 5.69 Å². The molecule has 6 nitrogen and oxygen atoms in total. The molecule has 0 bridgehead atoms. The normalized spacial score (nSPS) is 11.8. The average molecular weight is 327 g/mol. The van der Waals surface area contributed by atoms with Gasteiger partial charge in [-0.2, -0.15) is 0 Å². The fourth-order valence-corrected chi connectivity index (χ4v) is 1.72. The van der Waals surface area contributed by atoms with Crippen molar-refractivity contribution in [1.29, 1.82) is 0 Å². The molecule has 1 N–H and O–H groups in total. The largest absolute Gasteiger partial charge is 0.447 e. The van der Waals surface area contributed by atoms with Crippen molar-refractivity contribution in [3.63, 3.8) is 0 Å². The Morgan fingerprint density at radius 3 is 2.73 bits per heavy atom. The predicted octanol–water partition coefficient (Wildman–Crippen LogP) is 2.96. The number of nitrogens with zero attached hydrogens (tertiary/aromatic N) is 1. The number of nitrogens with one attached hydrogen (secondary N) is 1. The molecule has 1 aromatic heterocycles. The lowest BCUT2D eigenvalue weighted by atomic mass is 10.3. The van der Waals surface area contributed by atoms with Gasteiger partial charge in [-0.05, 0) is 32.0 Å². The first kappa shape index (κ1) is 16.0. The molecule has 0 radical (unpaired) electrons. The zero-order valence-corrected chi connectivity index (χ0v) is 12.5. The summed E-state index contributed by atoms with van der Waals surface area (Å²) >= 11 is 5.62. The van der Waals surface area contributed by atoms with Crippen LogP contribution in [0.2, 0.25) is 5.02 Å². The molecule has 0 aliphatic rings. The van der Waals surface area contributed by atoms with Crippen LogP contribution in [0.3, 0.4) is 0 Å². The van der Waals surface area contributed by atoms with Gasteiger partial charge in [-0.15, -0.1) is 0 Å². The smallest absolute Gasteiger partial charge is 0.377 e. The van der Waals surface area contributed by atoms with Crippen molar-refractivity contribution in [3.8, 4) is 0 Å². The zero-order valence-electron chi connectivity index (χ0n) is 11.7. The lowest BCUT2D eigenvalue weighted by Crippen LogP contribution is -2.30. The molecule has 1 aromatic carbocycles. The van der Waals surface area contributed by atoms with Crippen LogP contribution in [-0.2, 0) is 9.53 Å². The first-order valence-electron chi connectivity index (χ1n) is 6.27. The number of carbonyl (C=O) groups is 2. The first-order chi connectivity index (χ1) is 10.4. The minimum atomic E-state index is -1.15. The number of hydrogen-bond acceptors (Lipinski definition) is 5. The van der Waals surface area contributed by atoms with Crippen molar-refractivity contribution in [2.45, 2.75) is 20.0 Å². The van der Waals surface area contributed by atoms with Crippen LogP contribution in [0.1, 0.15) is 23.2 Å². The third-order valence-corrected chi connectivity index (χ3v) is 2.91. The number of carbonyl (C=O) groups excluding carboxylic acids is 2. The molecule has 1 atom stereocenters. The second kappa shape index (κ2) is 6.57. The van der Waals surface area contributed by atoms with E-state index in [1.54, 1.807) is 6.92 Å². The van der Waals surface area contributed by atoms with Gasteiger partial charge in [0.25, 0.3) is 5.91 Å². The zero-order chi connectivity index (χ0) is 16.3. The molecule has 1 heterocycles. The van der Waals surface area contributed by atoms with E-state index >= 15 is 0 Å². The SMILES string of the molecule is Cc1cc(C(=O)O[C@H](C)C(=O)Nc2ccc(Cl)cc2F)on1. The quantitative estimate of drug-likeness (QED) is 0.873. The van der Waals surface area contributed by atoms with Gasteiger partial charge in [0.15, 0.2) is 6.10 Å². The number of hydrogen-bond donors (Lipinski definition) is 1. The Balaban J connectivity index is 1.98. The number of esters is 1. The Hall–Kier alpha value is -2.41. The summed E-state index contributed by atoms with van der Waals surface area (Å²) in [5.74, 6) is -2.33. The second-order valence-electron chi connectivity index (χ2n) is 4.49. The van der Waals surface area contributed by atoms with E-state index in [9.17, 15) is 14.0 Å². The molecular formula is C14H12ClFN2O4. The van der Waals surface area contributed by atoms with E-state index in [4.69, 9.17) is 20.9 Å². The van der Waals surface area contributed by atoms with Crippen LogP contribution in [0.4, 0.5) is 10.1 Å². The Morgan fingerprint density at radius 2 is 2.14 bits per heavy atom. The lowest BCUT2D eigenvalue weighted by molar-refractivity contribution is -0.123. The van der Waals surface area contributed by atoms with Gasteiger partial charge in [0.2, 0.25) is 5.76 Å². The van der Waals surface area contributed by atoms with Crippen LogP contribution in [0.5, 0.6) is 0 Å². The summed E-state index contributed by atoms with van der Waals surface area (Å²) in [7, 11) is 0. The van der Waals surface area contributed by atoms with Crippen molar-refractivity contribution < 1.29 is 23.2 Å². The maximum atomic E-state index is 13.6. The second-order valence-corrected chi connectivity index (χ2v) is 4.93. The molecular weight excluding hydrogens is 315 g/mol. The van der Waals surface area contributed by atoms with Crippen LogP contribution in [0.15, 0.2) is 28.8 Å². The van der Waals surface area contributed by atoms with E-state index in [1.807, 2.05) is 0 Å². The third-order valence-electron chi connectivity index (χ3n) is 2.67. The van der Waals surface area contributed by atoms with Gasteiger partial charge in [0.1, 0.15) is 5.82 Å². The van der Waals surface area contributed by atoms with Crippen molar-refractivity contribution in [1.82, 2.24) is 5.16 Å². The maximum absolute atomic E-state index is 13.6. The standard InChI is InChI=1S/C14H12ClFN2O4/c1-7-5-12(22-18-7)14(20)21-8(2)13(19)17-11-4-3-9(15)6-10(11)16/h3-6,8H,1-2H3,(H,17,19)/t8-/m1/s1. The van der Waals surface area contributed by atoms with Crippen LogP contribution in [-0.4, -0.2) is 23.1 Å². The van der Waals surface area contributed by atoms with E-state index in [0.717, 1.165) is 6.07 Å². The molecule has 2 aromatic rings. The van der Waals surface area contributed by atoms with Crippen LogP contribution >= 0.6 is 11.6 Å². The van der Waals surface area contributed by atoms with Crippen molar-refractivity contribution >= 4 is 29.2 Å². The Bertz CT molecular complexity index is 717. The number of anilines is 1. The number of amides is 1. The molecule has 0 fully saturated rings. The summed E-state index contributed by atoms with van der Waals surface area (Å²) in [6, 6.07) is 5.18. The van der Waals surface area contributed by atoms with Crippen LogP contribution in [0.25, 0.3) is 0 Å². The number of aryl methyl sites for hydroxylation is 1. The van der Waals surface area contributed by atoms with Crippen LogP contribution < -0.4 is 5.32 Å². The van der Waals surface area contributed by atoms with Crippen molar-refractivity contribution in [2.24, 2.45) is 0 Å². The van der Waals surface area contributed by atoms with Gasteiger partial charge in [-0.1, -0.05) is 16.8 Å². The summed E-state index contributed by atoms with van der Waals surface area (Å²) in [6.07, 6.45) is -1.15. The van der Waals surface area contributed by atoms with Crippen molar-refractivity contribution in [2.75, 3.05) is 5.32 Å². The molecule has 0 saturated carbocycles. The van der Waals surface area contributed by atoms with Crippen LogP contribution in [0, 0.1) is 12.7 Å².